The first-order chi connectivity index (χ1) is 8.15. The SMILES string of the molecule is CCC1(CC)NC(C)Cc2ccc(OC)cc21. The van der Waals surface area contributed by atoms with Gasteiger partial charge in [0.2, 0.25) is 0 Å². The van der Waals surface area contributed by atoms with Crippen LogP contribution in [-0.4, -0.2) is 13.2 Å². The fourth-order valence-electron chi connectivity index (χ4n) is 3.07. The molecule has 1 unspecified atom stereocenters. The molecule has 0 radical (unpaired) electrons. The Labute approximate surface area is 104 Å². The molecule has 0 saturated carbocycles. The molecule has 1 N–H and O–H groups in total. The first-order valence-corrected chi connectivity index (χ1v) is 6.60. The highest BCUT2D eigenvalue weighted by molar-refractivity contribution is 5.42. The van der Waals surface area contributed by atoms with Gasteiger partial charge in [0.1, 0.15) is 5.75 Å². The number of benzene rings is 1. The van der Waals surface area contributed by atoms with Crippen molar-refractivity contribution in [2.45, 2.75) is 51.6 Å². The molecule has 1 aliphatic heterocycles. The second-order valence-corrected chi connectivity index (χ2v) is 5.06. The Morgan fingerprint density at radius 2 is 2.06 bits per heavy atom. The largest absolute Gasteiger partial charge is 0.497 e. The molecule has 0 aromatic heterocycles. The summed E-state index contributed by atoms with van der Waals surface area (Å²) < 4.78 is 5.36. The Kier molecular flexibility index (Phi) is 3.43. The van der Waals surface area contributed by atoms with E-state index in [9.17, 15) is 0 Å². The molecule has 0 bridgehead atoms. The van der Waals surface area contributed by atoms with Gasteiger partial charge in [0, 0.05) is 11.6 Å². The molecule has 17 heavy (non-hydrogen) atoms. The molecule has 0 fully saturated rings. The monoisotopic (exact) mass is 233 g/mol. The number of nitrogens with one attached hydrogen (secondary N) is 1. The Hall–Kier alpha value is -1.02. The minimum atomic E-state index is 0.127. The van der Waals surface area contributed by atoms with Crippen molar-refractivity contribution in [2.75, 3.05) is 7.11 Å². The summed E-state index contributed by atoms with van der Waals surface area (Å²) in [6.07, 6.45) is 3.35. The van der Waals surface area contributed by atoms with Gasteiger partial charge < -0.3 is 10.1 Å². The first-order valence-electron chi connectivity index (χ1n) is 6.60. The third kappa shape index (κ3) is 2.06. The number of fused-ring (bicyclic) bond motifs is 1. The topological polar surface area (TPSA) is 21.3 Å². The van der Waals surface area contributed by atoms with Crippen LogP contribution in [0.4, 0.5) is 0 Å². The van der Waals surface area contributed by atoms with Gasteiger partial charge in [-0.1, -0.05) is 19.9 Å². The number of hydrogen-bond acceptors (Lipinski definition) is 2. The van der Waals surface area contributed by atoms with Gasteiger partial charge >= 0.3 is 0 Å². The quantitative estimate of drug-likeness (QED) is 0.865. The predicted molar refractivity (Wildman–Crippen MR) is 71.6 cm³/mol. The van der Waals surface area contributed by atoms with Crippen LogP contribution in [0.5, 0.6) is 5.75 Å². The number of ether oxygens (including phenoxy) is 1. The second kappa shape index (κ2) is 4.69. The fraction of sp³-hybridized carbons (Fsp3) is 0.600. The molecular weight excluding hydrogens is 210 g/mol. The van der Waals surface area contributed by atoms with E-state index in [-0.39, 0.29) is 5.54 Å². The molecule has 1 aromatic rings. The average molecular weight is 233 g/mol. The third-order valence-electron chi connectivity index (χ3n) is 4.09. The molecule has 2 rings (SSSR count). The predicted octanol–water partition coefficient (Wildman–Crippen LogP) is 3.24. The van der Waals surface area contributed by atoms with E-state index < -0.39 is 0 Å². The lowest BCUT2D eigenvalue weighted by Crippen LogP contribution is -2.51. The Bertz CT molecular complexity index is 396. The zero-order valence-electron chi connectivity index (χ0n) is 11.3. The molecule has 0 saturated heterocycles. The van der Waals surface area contributed by atoms with Gasteiger partial charge in [0.15, 0.2) is 0 Å². The van der Waals surface area contributed by atoms with Gasteiger partial charge in [-0.3, -0.25) is 0 Å². The van der Waals surface area contributed by atoms with Gasteiger partial charge in [-0.2, -0.15) is 0 Å². The van der Waals surface area contributed by atoms with E-state index >= 15 is 0 Å². The van der Waals surface area contributed by atoms with Crippen LogP contribution in [0, 0.1) is 0 Å². The van der Waals surface area contributed by atoms with Gasteiger partial charge in [0.25, 0.3) is 0 Å². The Morgan fingerprint density at radius 3 is 2.65 bits per heavy atom. The van der Waals surface area contributed by atoms with Crippen LogP contribution >= 0.6 is 0 Å². The number of hydrogen-bond donors (Lipinski definition) is 1. The van der Waals surface area contributed by atoms with Crippen molar-refractivity contribution < 1.29 is 4.74 Å². The van der Waals surface area contributed by atoms with Crippen LogP contribution in [0.1, 0.15) is 44.7 Å². The van der Waals surface area contributed by atoms with Crippen molar-refractivity contribution >= 4 is 0 Å². The zero-order chi connectivity index (χ0) is 12.5. The summed E-state index contributed by atoms with van der Waals surface area (Å²) in [7, 11) is 1.74. The van der Waals surface area contributed by atoms with E-state index in [0.29, 0.717) is 6.04 Å². The molecule has 0 amide bonds. The molecule has 1 atom stereocenters. The van der Waals surface area contributed by atoms with Crippen molar-refractivity contribution in [3.63, 3.8) is 0 Å². The highest BCUT2D eigenvalue weighted by atomic mass is 16.5. The molecular formula is C15H23NO. The van der Waals surface area contributed by atoms with Crippen molar-refractivity contribution in [1.29, 1.82) is 0 Å². The lowest BCUT2D eigenvalue weighted by Gasteiger charge is -2.42. The number of rotatable bonds is 3. The maximum absolute atomic E-state index is 5.36. The molecule has 1 aliphatic rings. The van der Waals surface area contributed by atoms with Crippen molar-refractivity contribution in [1.82, 2.24) is 5.32 Å². The smallest absolute Gasteiger partial charge is 0.119 e. The van der Waals surface area contributed by atoms with Crippen LogP contribution in [0.25, 0.3) is 0 Å². The summed E-state index contributed by atoms with van der Waals surface area (Å²) in [6.45, 7) is 6.79. The van der Waals surface area contributed by atoms with E-state index in [1.807, 2.05) is 0 Å². The second-order valence-electron chi connectivity index (χ2n) is 5.06. The average Bonchev–Trinajstić information content (AvgIpc) is 2.37. The van der Waals surface area contributed by atoms with Gasteiger partial charge in [-0.15, -0.1) is 0 Å². The van der Waals surface area contributed by atoms with Gasteiger partial charge in [0.05, 0.1) is 7.11 Å². The summed E-state index contributed by atoms with van der Waals surface area (Å²) >= 11 is 0. The standard InChI is InChI=1S/C15H23NO/c1-5-15(6-2)14-10-13(17-4)8-7-12(14)9-11(3)16-15/h7-8,10-11,16H,5-6,9H2,1-4H3. The molecule has 0 aliphatic carbocycles. The first kappa shape index (κ1) is 12.4. The highest BCUT2D eigenvalue weighted by Gasteiger charge is 2.35. The van der Waals surface area contributed by atoms with Crippen LogP contribution in [0.3, 0.4) is 0 Å². The minimum absolute atomic E-state index is 0.127. The minimum Gasteiger partial charge on any atom is -0.497 e. The summed E-state index contributed by atoms with van der Waals surface area (Å²) in [5.41, 5.74) is 3.03. The van der Waals surface area contributed by atoms with Gasteiger partial charge in [-0.25, -0.2) is 0 Å². The summed E-state index contributed by atoms with van der Waals surface area (Å²) in [5.74, 6) is 0.964. The molecule has 1 aromatic carbocycles. The van der Waals surface area contributed by atoms with E-state index in [1.165, 1.54) is 11.1 Å². The molecule has 2 heteroatoms. The van der Waals surface area contributed by atoms with Crippen LogP contribution in [0.2, 0.25) is 0 Å². The summed E-state index contributed by atoms with van der Waals surface area (Å²) in [4.78, 5) is 0. The maximum Gasteiger partial charge on any atom is 0.119 e. The van der Waals surface area contributed by atoms with Gasteiger partial charge in [-0.05, 0) is 49.4 Å². The molecule has 94 valence electrons. The highest BCUT2D eigenvalue weighted by Crippen LogP contribution is 2.37. The molecule has 1 heterocycles. The molecule has 0 spiro atoms. The normalized spacial score (nSPS) is 22.0. The van der Waals surface area contributed by atoms with Crippen molar-refractivity contribution in [3.8, 4) is 5.75 Å². The summed E-state index contributed by atoms with van der Waals surface area (Å²) in [6, 6.07) is 7.07. The Morgan fingerprint density at radius 1 is 1.35 bits per heavy atom. The van der Waals surface area contributed by atoms with Crippen LogP contribution < -0.4 is 10.1 Å². The van der Waals surface area contributed by atoms with E-state index in [1.54, 1.807) is 7.11 Å². The fourth-order valence-corrected chi connectivity index (χ4v) is 3.07. The zero-order valence-corrected chi connectivity index (χ0v) is 11.3. The van der Waals surface area contributed by atoms with E-state index in [4.69, 9.17) is 4.74 Å². The lowest BCUT2D eigenvalue weighted by atomic mass is 9.76. The van der Waals surface area contributed by atoms with Crippen molar-refractivity contribution in [3.05, 3.63) is 29.3 Å². The maximum atomic E-state index is 5.36. The number of methoxy groups -OCH3 is 1. The molecule has 2 nitrogen and oxygen atoms in total. The van der Waals surface area contributed by atoms with E-state index in [2.05, 4.69) is 44.3 Å². The van der Waals surface area contributed by atoms with Crippen molar-refractivity contribution in [2.24, 2.45) is 0 Å². The van der Waals surface area contributed by atoms with E-state index in [0.717, 1.165) is 25.0 Å². The third-order valence-corrected chi connectivity index (χ3v) is 4.09. The Balaban J connectivity index is 2.52. The summed E-state index contributed by atoms with van der Waals surface area (Å²) in [5, 5.41) is 3.78. The lowest BCUT2D eigenvalue weighted by molar-refractivity contribution is 0.253. The van der Waals surface area contributed by atoms with Crippen LogP contribution in [-0.2, 0) is 12.0 Å². The van der Waals surface area contributed by atoms with Crippen LogP contribution in [0.15, 0.2) is 18.2 Å².